The molecule has 0 aromatic rings. The topological polar surface area (TPSA) is 248 Å². The maximum absolute atomic E-state index is 11.1. The fourth-order valence-corrected chi connectivity index (χ4v) is 5.00. The van der Waals surface area contributed by atoms with Crippen LogP contribution in [0.25, 0.3) is 0 Å². The Labute approximate surface area is 232 Å². The van der Waals surface area contributed by atoms with Crippen LogP contribution in [0.4, 0.5) is 0 Å². The zero-order valence-corrected chi connectivity index (χ0v) is 22.9. The molecule has 10 N–H and O–H groups in total. The van der Waals surface area contributed by atoms with E-state index in [2.05, 4.69) is 0 Å². The Kier molecular flexibility index (Phi) is 12.1. The summed E-state index contributed by atoms with van der Waals surface area (Å²) in [4.78, 5) is 0. The van der Waals surface area contributed by atoms with Gasteiger partial charge < -0.3 is 74.7 Å². The van der Waals surface area contributed by atoms with Crippen molar-refractivity contribution in [3.8, 4) is 0 Å². The first-order valence-corrected chi connectivity index (χ1v) is 13.6. The van der Waals surface area contributed by atoms with Gasteiger partial charge in [0.25, 0.3) is 0 Å². The van der Waals surface area contributed by atoms with Crippen molar-refractivity contribution < 1.29 is 74.7 Å². The Morgan fingerprint density at radius 3 is 1.88 bits per heavy atom. The van der Waals surface area contributed by atoms with E-state index < -0.39 is 112 Å². The smallest absolute Gasteiger partial charge is 0.187 e. The van der Waals surface area contributed by atoms with E-state index in [1.54, 1.807) is 0 Å². The van der Waals surface area contributed by atoms with Crippen molar-refractivity contribution in [1.29, 1.82) is 0 Å². The van der Waals surface area contributed by atoms with Gasteiger partial charge in [-0.1, -0.05) is 20.8 Å². The third kappa shape index (κ3) is 7.86. The van der Waals surface area contributed by atoms with Gasteiger partial charge in [0.2, 0.25) is 0 Å². The highest BCUT2D eigenvalue weighted by Crippen LogP contribution is 2.32. The average Bonchev–Trinajstić information content (AvgIpc) is 2.90. The van der Waals surface area contributed by atoms with Crippen molar-refractivity contribution in [3.63, 3.8) is 0 Å². The van der Waals surface area contributed by atoms with Gasteiger partial charge in [-0.15, -0.1) is 0 Å². The molecule has 236 valence electrons. The molecular formula is C25H46O15. The SMILES string of the molecule is CC(C)(C)CCO[C@H]1O[C@H](CO[C@H]2C[C@H](CO)[C@@H](O)[C@H](O)[C@@H]2O)[C@@H](O)[C@H](O[C@H]2O[C@H](CO)[C@@H](O)[C@H](O)[C@@H]2O)[C@@H]1O. The van der Waals surface area contributed by atoms with E-state index in [0.717, 1.165) is 0 Å². The number of aliphatic hydroxyl groups is 10. The second-order valence-corrected chi connectivity index (χ2v) is 12.0. The van der Waals surface area contributed by atoms with E-state index >= 15 is 0 Å². The van der Waals surface area contributed by atoms with Crippen LogP contribution in [0, 0.1) is 11.3 Å². The molecule has 2 saturated heterocycles. The number of aliphatic hydroxyl groups excluding tert-OH is 10. The van der Waals surface area contributed by atoms with Crippen LogP contribution in [-0.2, 0) is 23.7 Å². The van der Waals surface area contributed by atoms with Crippen LogP contribution in [0.3, 0.4) is 0 Å². The minimum absolute atomic E-state index is 0.00234. The molecule has 0 radical (unpaired) electrons. The van der Waals surface area contributed by atoms with Gasteiger partial charge in [-0.2, -0.15) is 0 Å². The summed E-state index contributed by atoms with van der Waals surface area (Å²) in [6.07, 6.45) is -20.4. The highest BCUT2D eigenvalue weighted by Gasteiger charge is 2.51. The van der Waals surface area contributed by atoms with Gasteiger partial charge in [-0.25, -0.2) is 0 Å². The van der Waals surface area contributed by atoms with Crippen LogP contribution < -0.4 is 0 Å². The van der Waals surface area contributed by atoms with E-state index in [1.165, 1.54) is 0 Å². The first-order valence-electron chi connectivity index (χ1n) is 13.6. The van der Waals surface area contributed by atoms with Gasteiger partial charge in [0.15, 0.2) is 12.6 Å². The Bertz CT molecular complexity index is 763. The predicted molar refractivity (Wildman–Crippen MR) is 132 cm³/mol. The molecule has 2 aliphatic heterocycles. The van der Waals surface area contributed by atoms with Crippen molar-refractivity contribution in [3.05, 3.63) is 0 Å². The normalized spacial score (nSPS) is 46.9. The van der Waals surface area contributed by atoms with Crippen molar-refractivity contribution in [1.82, 2.24) is 0 Å². The number of hydrogen-bond donors (Lipinski definition) is 10. The zero-order valence-electron chi connectivity index (χ0n) is 22.9. The third-order valence-electron chi connectivity index (χ3n) is 7.72. The van der Waals surface area contributed by atoms with Gasteiger partial charge >= 0.3 is 0 Å². The van der Waals surface area contributed by atoms with E-state index in [0.29, 0.717) is 6.42 Å². The average molecular weight is 587 g/mol. The fraction of sp³-hybridized carbons (Fsp3) is 1.00. The minimum Gasteiger partial charge on any atom is -0.396 e. The molecule has 0 amide bonds. The van der Waals surface area contributed by atoms with Gasteiger partial charge in [0.05, 0.1) is 32.0 Å². The number of rotatable bonds is 10. The lowest BCUT2D eigenvalue weighted by atomic mass is 9.81. The molecule has 15 nitrogen and oxygen atoms in total. The second kappa shape index (κ2) is 14.2. The number of ether oxygens (including phenoxy) is 5. The Hall–Kier alpha value is -0.600. The predicted octanol–water partition coefficient (Wildman–Crippen LogP) is -4.45. The molecule has 40 heavy (non-hydrogen) atoms. The molecular weight excluding hydrogens is 540 g/mol. The molecule has 15 atom stereocenters. The molecule has 0 spiro atoms. The van der Waals surface area contributed by atoms with Crippen LogP contribution >= 0.6 is 0 Å². The molecule has 0 aromatic carbocycles. The van der Waals surface area contributed by atoms with Crippen molar-refractivity contribution >= 4 is 0 Å². The Morgan fingerprint density at radius 1 is 0.650 bits per heavy atom. The summed E-state index contributed by atoms with van der Waals surface area (Å²) in [5, 5.41) is 102. The zero-order chi connectivity index (χ0) is 29.9. The van der Waals surface area contributed by atoms with Crippen LogP contribution in [-0.4, -0.2) is 163 Å². The lowest BCUT2D eigenvalue weighted by Crippen LogP contribution is -2.65. The largest absolute Gasteiger partial charge is 0.396 e. The maximum Gasteiger partial charge on any atom is 0.187 e. The Morgan fingerprint density at radius 2 is 1.27 bits per heavy atom. The van der Waals surface area contributed by atoms with E-state index in [-0.39, 0.29) is 18.4 Å². The molecule has 0 unspecified atom stereocenters. The van der Waals surface area contributed by atoms with Gasteiger partial charge in [0.1, 0.15) is 61.0 Å². The van der Waals surface area contributed by atoms with Crippen LogP contribution in [0.2, 0.25) is 0 Å². The highest BCUT2D eigenvalue weighted by atomic mass is 16.7. The molecule has 15 heteroatoms. The fourth-order valence-electron chi connectivity index (χ4n) is 5.00. The van der Waals surface area contributed by atoms with Crippen molar-refractivity contribution in [2.24, 2.45) is 11.3 Å². The van der Waals surface area contributed by atoms with Gasteiger partial charge in [-0.3, -0.25) is 0 Å². The summed E-state index contributed by atoms with van der Waals surface area (Å²) in [5.41, 5.74) is -0.111. The standard InChI is InChI=1S/C25H46O15/c1-25(2,3)4-5-36-23-21(35)22(40-24-20(34)19(33)16(30)12(8-27)38-24)17(31)13(39-23)9-37-11-6-10(7-26)14(28)18(32)15(11)29/h10-24,26-35H,4-9H2,1-3H3/t10-,11+,12-,13-,14-,15-,16-,17-,18+,19+,20+,21+,22+,23+,24-/m1/s1. The highest BCUT2D eigenvalue weighted by molar-refractivity contribution is 4.96. The minimum atomic E-state index is -1.80. The van der Waals surface area contributed by atoms with Gasteiger partial charge in [0, 0.05) is 12.5 Å². The molecule has 1 saturated carbocycles. The maximum atomic E-state index is 11.1. The molecule has 3 rings (SSSR count). The summed E-state index contributed by atoms with van der Waals surface area (Å²) < 4.78 is 28.3. The first-order chi connectivity index (χ1) is 18.7. The molecule has 0 aromatic heterocycles. The van der Waals surface area contributed by atoms with Crippen molar-refractivity contribution in [2.45, 2.75) is 119 Å². The lowest BCUT2D eigenvalue weighted by Gasteiger charge is -2.46. The molecule has 0 bridgehead atoms. The summed E-state index contributed by atoms with van der Waals surface area (Å²) in [6.45, 7) is 4.55. The van der Waals surface area contributed by atoms with Crippen molar-refractivity contribution in [2.75, 3.05) is 26.4 Å². The van der Waals surface area contributed by atoms with E-state index in [1.807, 2.05) is 20.8 Å². The van der Waals surface area contributed by atoms with E-state index in [4.69, 9.17) is 23.7 Å². The third-order valence-corrected chi connectivity index (χ3v) is 7.72. The quantitative estimate of drug-likeness (QED) is 0.116. The summed E-state index contributed by atoms with van der Waals surface area (Å²) in [6, 6.07) is 0. The van der Waals surface area contributed by atoms with Crippen LogP contribution in [0.1, 0.15) is 33.6 Å². The summed E-state index contributed by atoms with van der Waals surface area (Å²) in [7, 11) is 0. The number of hydrogen-bond acceptors (Lipinski definition) is 15. The van der Waals surface area contributed by atoms with E-state index in [9.17, 15) is 51.1 Å². The van der Waals surface area contributed by atoms with Crippen LogP contribution in [0.15, 0.2) is 0 Å². The Balaban J connectivity index is 1.75. The van der Waals surface area contributed by atoms with Gasteiger partial charge in [-0.05, 0) is 18.3 Å². The molecule has 3 fully saturated rings. The summed E-state index contributed by atoms with van der Waals surface area (Å²) in [5.74, 6) is -0.766. The summed E-state index contributed by atoms with van der Waals surface area (Å²) >= 11 is 0. The molecule has 2 heterocycles. The lowest BCUT2D eigenvalue weighted by molar-refractivity contribution is -0.362. The van der Waals surface area contributed by atoms with Crippen LogP contribution in [0.5, 0.6) is 0 Å². The molecule has 3 aliphatic rings. The monoisotopic (exact) mass is 586 g/mol. The first kappa shape index (κ1) is 33.9. The molecule has 1 aliphatic carbocycles. The second-order valence-electron chi connectivity index (χ2n) is 12.0.